The maximum Gasteiger partial charge on any atom is 0.410 e. The van der Waals surface area contributed by atoms with Gasteiger partial charge < -0.3 is 24.6 Å². The maximum atomic E-state index is 13.2. The molecule has 3 aliphatic heterocycles. The molecule has 9 aliphatic rings. The van der Waals surface area contributed by atoms with Crippen molar-refractivity contribution < 1.29 is 50.3 Å². The van der Waals surface area contributed by atoms with Crippen molar-refractivity contribution in [1.82, 2.24) is 15.1 Å². The van der Waals surface area contributed by atoms with Gasteiger partial charge in [0.25, 0.3) is 0 Å². The molecule has 14 nitrogen and oxygen atoms in total. The first kappa shape index (κ1) is 60.4. The van der Waals surface area contributed by atoms with Gasteiger partial charge in [-0.25, -0.2) is 26.4 Å². The molecule has 9 fully saturated rings. The minimum absolute atomic E-state index is 0.0644. The van der Waals surface area contributed by atoms with Crippen molar-refractivity contribution >= 4 is 61.0 Å². The Kier molecular flexibility index (Phi) is 16.9. The Labute approximate surface area is 456 Å². The molecule has 6 aliphatic carbocycles. The highest BCUT2D eigenvalue weighted by atomic mass is 32.2. The average Bonchev–Trinajstić information content (AvgIpc) is 4.13. The van der Waals surface area contributed by atoms with Crippen molar-refractivity contribution in [3.05, 3.63) is 0 Å². The predicted molar refractivity (Wildman–Crippen MR) is 297 cm³/mol. The number of Topliss-reactive ketones (excluding diaryl/α,β-unsaturated/α-hetero) is 3. The molecular formula is C58H97N3O11S3. The summed E-state index contributed by atoms with van der Waals surface area (Å²) in [6.45, 7) is 32.6. The molecule has 6 saturated carbocycles. The highest BCUT2D eigenvalue weighted by Crippen LogP contribution is 2.66. The van der Waals surface area contributed by atoms with Crippen LogP contribution in [0.15, 0.2) is 0 Å². The molecule has 12 atom stereocenters. The van der Waals surface area contributed by atoms with Crippen molar-refractivity contribution in [3.8, 4) is 0 Å². The standard InChI is InChI=1S/C21H35NO5S.C21H35NO3S.C16H27NO3S/c1-14-9-16(22(11-14)18(24)27-19(2,3)4)12-28(25,26)13-21-8-7-15(10-17(21)23)20(21,5)6;1-14-9-16(22(11-14)18(24)25-19(2,3)4)12-26-13-21-8-7-15(10-17(21)23)20(21,5)6;1-11-6-13(17-8-11)9-21(19,20)10-16-5-4-12(7-14(16)18)15(16,2)3/h14-16H,7-13H2,1-6H3;14-16H,7-13H2,1-6H3;11-13,17H,4-10H2,1-3H3/t2*14-,15?,16+,21-;11-,12?,13+,16-/m111/s1. The van der Waals surface area contributed by atoms with Gasteiger partial charge in [0.05, 0.1) is 23.0 Å². The van der Waals surface area contributed by atoms with E-state index >= 15 is 0 Å². The third-order valence-electron chi connectivity index (χ3n) is 20.9. The zero-order chi connectivity index (χ0) is 55.9. The summed E-state index contributed by atoms with van der Waals surface area (Å²) in [5.74, 6) is 5.19. The first-order valence-corrected chi connectivity index (χ1v) is 33.4. The smallest absolute Gasteiger partial charge is 0.410 e. The zero-order valence-electron chi connectivity index (χ0n) is 48.7. The molecule has 6 bridgehead atoms. The summed E-state index contributed by atoms with van der Waals surface area (Å²) < 4.78 is 62.8. The monoisotopic (exact) mass is 1110 g/mol. The van der Waals surface area contributed by atoms with E-state index in [-0.39, 0.29) is 86.4 Å². The van der Waals surface area contributed by atoms with Crippen LogP contribution < -0.4 is 5.32 Å². The Bertz CT molecular complexity index is 2430. The van der Waals surface area contributed by atoms with Gasteiger partial charge in [-0.15, -0.1) is 0 Å². The van der Waals surface area contributed by atoms with E-state index in [1.165, 1.54) is 6.42 Å². The average molecular weight is 1110 g/mol. The van der Waals surface area contributed by atoms with Crippen LogP contribution in [-0.2, 0) is 43.5 Å². The number of fused-ring (bicyclic) bond motifs is 6. The summed E-state index contributed by atoms with van der Waals surface area (Å²) in [4.78, 5) is 66.5. The minimum Gasteiger partial charge on any atom is -0.444 e. The van der Waals surface area contributed by atoms with Crippen LogP contribution in [0, 0.1) is 68.0 Å². The topological polar surface area (TPSA) is 191 Å². The molecule has 0 radical (unpaired) electrons. The summed E-state index contributed by atoms with van der Waals surface area (Å²) in [6.07, 6.45) is 9.43. The molecular weight excluding hydrogens is 1010 g/mol. The van der Waals surface area contributed by atoms with Gasteiger partial charge in [-0.2, -0.15) is 11.8 Å². The Balaban J connectivity index is 0.000000166. The Morgan fingerprint density at radius 2 is 0.973 bits per heavy atom. The molecule has 428 valence electrons. The van der Waals surface area contributed by atoms with Crippen LogP contribution in [0.2, 0.25) is 0 Å². The largest absolute Gasteiger partial charge is 0.444 e. The maximum absolute atomic E-state index is 13.2. The number of nitrogens with one attached hydrogen (secondary N) is 1. The van der Waals surface area contributed by atoms with Crippen molar-refractivity contribution in [2.75, 3.05) is 54.2 Å². The highest BCUT2D eigenvalue weighted by molar-refractivity contribution is 7.99. The van der Waals surface area contributed by atoms with Gasteiger partial charge in [0, 0.05) is 78.2 Å². The Morgan fingerprint density at radius 3 is 1.33 bits per heavy atom. The van der Waals surface area contributed by atoms with Gasteiger partial charge >= 0.3 is 12.2 Å². The van der Waals surface area contributed by atoms with Gasteiger partial charge in [0.1, 0.15) is 28.6 Å². The van der Waals surface area contributed by atoms with Crippen LogP contribution in [0.25, 0.3) is 0 Å². The normalized spacial score (nSPS) is 37.2. The molecule has 1 N–H and O–H groups in total. The summed E-state index contributed by atoms with van der Waals surface area (Å²) in [7, 11) is -6.70. The molecule has 2 amide bonds. The molecule has 3 saturated heterocycles. The molecule has 0 aromatic carbocycles. The van der Waals surface area contributed by atoms with Crippen molar-refractivity contribution in [3.63, 3.8) is 0 Å². The third-order valence-corrected chi connectivity index (χ3v) is 25.8. The van der Waals surface area contributed by atoms with E-state index in [0.717, 1.165) is 69.5 Å². The van der Waals surface area contributed by atoms with Crippen LogP contribution in [0.4, 0.5) is 9.59 Å². The second kappa shape index (κ2) is 21.0. The van der Waals surface area contributed by atoms with Gasteiger partial charge in [-0.05, 0) is 158 Å². The molecule has 17 heteroatoms. The van der Waals surface area contributed by atoms with Crippen molar-refractivity contribution in [1.29, 1.82) is 0 Å². The van der Waals surface area contributed by atoms with Gasteiger partial charge in [-0.1, -0.05) is 62.3 Å². The van der Waals surface area contributed by atoms with E-state index in [2.05, 4.69) is 60.7 Å². The number of thioether (sulfide) groups is 1. The van der Waals surface area contributed by atoms with Gasteiger partial charge in [-0.3, -0.25) is 14.4 Å². The van der Waals surface area contributed by atoms with Crippen LogP contribution in [0.5, 0.6) is 0 Å². The van der Waals surface area contributed by atoms with Crippen LogP contribution in [0.3, 0.4) is 0 Å². The molecule has 3 heterocycles. The second-order valence-electron chi connectivity index (χ2n) is 29.3. The lowest BCUT2D eigenvalue weighted by atomic mass is 9.70. The van der Waals surface area contributed by atoms with Crippen LogP contribution in [-0.4, -0.2) is 140 Å². The quantitative estimate of drug-likeness (QED) is 0.194. The second-order valence-corrected chi connectivity index (χ2v) is 34.6. The van der Waals surface area contributed by atoms with E-state index in [1.807, 2.05) is 44.4 Å². The van der Waals surface area contributed by atoms with Crippen LogP contribution >= 0.6 is 11.8 Å². The summed E-state index contributed by atoms with van der Waals surface area (Å²) in [5, 5.41) is 3.30. The lowest BCUT2D eigenvalue weighted by Gasteiger charge is -2.37. The first-order valence-electron chi connectivity index (χ1n) is 28.6. The SMILES string of the molecule is C[C@@H]1C[C@@H](CS(=O)(=O)C[C@]23CCC(CC2=O)C3(C)C)N(C(=O)OC(C)(C)C)C1.C[C@@H]1C[C@@H](CSC[C@]23CCC(CC2=O)C3(C)C)N(C(=O)OC(C)(C)C)C1.C[C@H]1CN[C@H](CS(=O)(=O)C[C@]23CCC(CC2=O)C3(C)C)C1. The molecule has 3 unspecified atom stereocenters. The third kappa shape index (κ3) is 12.0. The molecule has 9 rings (SSSR count). The number of sulfone groups is 2. The Morgan fingerprint density at radius 1 is 0.587 bits per heavy atom. The number of ether oxygens (including phenoxy) is 2. The van der Waals surface area contributed by atoms with E-state index in [1.54, 1.807) is 25.7 Å². The van der Waals surface area contributed by atoms with E-state index < -0.39 is 47.8 Å². The van der Waals surface area contributed by atoms with Crippen LogP contribution in [0.1, 0.15) is 181 Å². The number of hydrogen-bond donors (Lipinski definition) is 1. The fourth-order valence-electron chi connectivity index (χ4n) is 16.0. The lowest BCUT2D eigenvalue weighted by molar-refractivity contribution is -0.128. The highest BCUT2D eigenvalue weighted by Gasteiger charge is 2.67. The number of amides is 2. The summed E-state index contributed by atoms with van der Waals surface area (Å²) in [6, 6.07) is -0.0978. The minimum atomic E-state index is -3.50. The van der Waals surface area contributed by atoms with E-state index in [0.29, 0.717) is 67.6 Å². The molecule has 0 aromatic heterocycles. The number of rotatable bonds is 12. The van der Waals surface area contributed by atoms with E-state index in [4.69, 9.17) is 9.47 Å². The van der Waals surface area contributed by atoms with Gasteiger partial charge in [0.15, 0.2) is 19.7 Å². The lowest BCUT2D eigenvalue weighted by Crippen LogP contribution is -2.46. The number of nitrogens with zero attached hydrogens (tertiary/aromatic N) is 2. The molecule has 0 aromatic rings. The Hall–Kier alpha value is -2.24. The fourth-order valence-corrected chi connectivity index (χ4v) is 22.6. The number of carbonyl (C=O) groups excluding carboxylic acids is 5. The van der Waals surface area contributed by atoms with E-state index in [9.17, 15) is 40.8 Å². The van der Waals surface area contributed by atoms with Crippen molar-refractivity contribution in [2.24, 2.45) is 68.0 Å². The summed E-state index contributed by atoms with van der Waals surface area (Å²) >= 11 is 1.87. The van der Waals surface area contributed by atoms with Crippen molar-refractivity contribution in [2.45, 2.75) is 210 Å². The fraction of sp³-hybridized carbons (Fsp3) is 0.914. The van der Waals surface area contributed by atoms with Gasteiger partial charge in [0.2, 0.25) is 0 Å². The first-order chi connectivity index (χ1) is 34.3. The predicted octanol–water partition coefficient (Wildman–Crippen LogP) is 10.00. The zero-order valence-corrected chi connectivity index (χ0v) is 51.1. The number of likely N-dealkylation sites (tertiary alicyclic amines) is 2. The number of hydrogen-bond acceptors (Lipinski definition) is 13. The number of ketones is 3. The number of carbonyl (C=O) groups is 5. The molecule has 0 spiro atoms. The molecule has 75 heavy (non-hydrogen) atoms. The summed E-state index contributed by atoms with van der Waals surface area (Å²) in [5.41, 5.74) is -2.88.